The number of rotatable bonds is 16. The molecule has 0 aromatic rings. The Labute approximate surface area is 135 Å². The molecule has 0 nitrogen and oxygen atoms in total. The first-order chi connectivity index (χ1) is 10.3. The summed E-state index contributed by atoms with van der Waals surface area (Å²) in [6.07, 6.45) is 24.0. The zero-order valence-corrected chi connectivity index (χ0v) is 14.5. The van der Waals surface area contributed by atoms with Crippen molar-refractivity contribution in [3.8, 4) is 0 Å². The number of hydrogen-bond acceptors (Lipinski definition) is 0. The third-order valence-corrected chi connectivity index (χ3v) is 4.03. The summed E-state index contributed by atoms with van der Waals surface area (Å²) < 4.78 is 0. The van der Waals surface area contributed by atoms with E-state index in [0.717, 1.165) is 12.7 Å². The average Bonchev–Trinajstić information content (AvgIpc) is 2.49. The van der Waals surface area contributed by atoms with E-state index >= 15 is 0 Å². The van der Waals surface area contributed by atoms with Gasteiger partial charge in [0, 0.05) is 0 Å². The predicted molar refractivity (Wildman–Crippen MR) is 99.2 cm³/mol. The van der Waals surface area contributed by atoms with Gasteiger partial charge in [-0.3, -0.25) is 0 Å². The minimum Gasteiger partial charge on any atom is -0.0958 e. The fraction of sp³-hybridized carbons (Fsp3) is 0.800. The quantitative estimate of drug-likeness (QED) is 0.160. The van der Waals surface area contributed by atoms with Crippen LogP contribution in [0.3, 0.4) is 0 Å². The van der Waals surface area contributed by atoms with Gasteiger partial charge in [0.25, 0.3) is 0 Å². The molecule has 0 N–H and O–H groups in total. The zero-order valence-electron chi connectivity index (χ0n) is 14.5. The molecule has 0 atom stereocenters. The van der Waals surface area contributed by atoms with Gasteiger partial charge in [-0.15, -0.1) is 0 Å². The highest BCUT2D eigenvalue weighted by molar-refractivity contribution is 6.08. The van der Waals surface area contributed by atoms with Crippen molar-refractivity contribution in [2.24, 2.45) is 0 Å². The van der Waals surface area contributed by atoms with Crippen LogP contribution in [0, 0.1) is 0 Å². The molecule has 0 aliphatic carbocycles. The molecule has 0 amide bonds. The second-order valence-electron chi connectivity index (χ2n) is 6.28. The summed E-state index contributed by atoms with van der Waals surface area (Å²) in [4.78, 5) is 0. The van der Waals surface area contributed by atoms with Crippen LogP contribution in [0.15, 0.2) is 24.3 Å². The van der Waals surface area contributed by atoms with Crippen molar-refractivity contribution in [3.05, 3.63) is 24.3 Å². The zero-order chi connectivity index (χ0) is 15.6. The SMILES string of the molecule is [B]CCCCCCCC(=C)/C=C\CCCCCCCCC. The molecule has 0 heterocycles. The first-order valence-electron chi connectivity index (χ1n) is 9.35. The average molecular weight is 288 g/mol. The molecule has 0 unspecified atom stereocenters. The maximum atomic E-state index is 5.49. The highest BCUT2D eigenvalue weighted by Crippen LogP contribution is 2.13. The van der Waals surface area contributed by atoms with Crippen LogP contribution in [0.2, 0.25) is 6.32 Å². The van der Waals surface area contributed by atoms with Gasteiger partial charge in [0.2, 0.25) is 0 Å². The van der Waals surface area contributed by atoms with E-state index in [0.29, 0.717) is 0 Å². The lowest BCUT2D eigenvalue weighted by molar-refractivity contribution is 0.592. The van der Waals surface area contributed by atoms with Crippen molar-refractivity contribution < 1.29 is 0 Å². The van der Waals surface area contributed by atoms with Crippen LogP contribution < -0.4 is 0 Å². The van der Waals surface area contributed by atoms with Crippen molar-refractivity contribution in [2.45, 2.75) is 103 Å². The van der Waals surface area contributed by atoms with Crippen LogP contribution in [0.5, 0.6) is 0 Å². The fourth-order valence-electron chi connectivity index (χ4n) is 2.58. The summed E-state index contributed by atoms with van der Waals surface area (Å²) in [7, 11) is 5.49. The van der Waals surface area contributed by atoms with Gasteiger partial charge in [-0.25, -0.2) is 0 Å². The Morgan fingerprint density at radius 2 is 1.38 bits per heavy atom. The van der Waals surface area contributed by atoms with Crippen molar-refractivity contribution >= 4 is 7.85 Å². The smallest absolute Gasteiger partial charge is 0.0653 e. The molecular formula is C20H37B. The van der Waals surface area contributed by atoms with Gasteiger partial charge in [-0.1, -0.05) is 102 Å². The lowest BCUT2D eigenvalue weighted by Crippen LogP contribution is -1.82. The Morgan fingerprint density at radius 3 is 2.05 bits per heavy atom. The van der Waals surface area contributed by atoms with Crippen LogP contribution in [0.1, 0.15) is 96.8 Å². The topological polar surface area (TPSA) is 0 Å². The van der Waals surface area contributed by atoms with E-state index in [4.69, 9.17) is 7.85 Å². The summed E-state index contributed by atoms with van der Waals surface area (Å²) in [6.45, 7) is 6.43. The minimum absolute atomic E-state index is 0.841. The fourth-order valence-corrected chi connectivity index (χ4v) is 2.58. The van der Waals surface area contributed by atoms with E-state index in [1.165, 1.54) is 89.0 Å². The van der Waals surface area contributed by atoms with Gasteiger partial charge in [-0.05, 0) is 25.7 Å². The molecule has 0 fully saturated rings. The second-order valence-corrected chi connectivity index (χ2v) is 6.28. The molecule has 21 heavy (non-hydrogen) atoms. The minimum atomic E-state index is 0.841. The molecular weight excluding hydrogens is 251 g/mol. The molecule has 1 heteroatoms. The van der Waals surface area contributed by atoms with E-state index in [9.17, 15) is 0 Å². The van der Waals surface area contributed by atoms with Crippen LogP contribution >= 0.6 is 0 Å². The summed E-state index contributed by atoms with van der Waals surface area (Å²) in [5.41, 5.74) is 1.30. The molecule has 0 spiro atoms. The van der Waals surface area contributed by atoms with E-state index in [-0.39, 0.29) is 0 Å². The summed E-state index contributed by atoms with van der Waals surface area (Å²) >= 11 is 0. The molecule has 2 radical (unpaired) electrons. The third kappa shape index (κ3) is 17.5. The van der Waals surface area contributed by atoms with Gasteiger partial charge in [0.15, 0.2) is 0 Å². The standard InChI is InChI=1S/C20H37B/c1-3-4-5-6-7-8-9-11-14-17-20(2)18-15-12-10-13-16-19-21/h14,17H,2-13,15-16,18-19H2,1H3/b17-14-. The van der Waals surface area contributed by atoms with Gasteiger partial charge in [-0.2, -0.15) is 0 Å². The van der Waals surface area contributed by atoms with Crippen molar-refractivity contribution in [1.29, 1.82) is 0 Å². The lowest BCUT2D eigenvalue weighted by atomic mass is 9.98. The Balaban J connectivity index is 3.26. The largest absolute Gasteiger partial charge is 0.0958 e. The summed E-state index contributed by atoms with van der Waals surface area (Å²) in [5, 5.41) is 0. The van der Waals surface area contributed by atoms with Crippen molar-refractivity contribution in [3.63, 3.8) is 0 Å². The Hall–Kier alpha value is -0.455. The maximum Gasteiger partial charge on any atom is 0.0653 e. The Bertz CT molecular complexity index is 242. The Kier molecular flexibility index (Phi) is 17.2. The molecule has 0 rings (SSSR count). The van der Waals surface area contributed by atoms with Crippen LogP contribution in [-0.4, -0.2) is 7.85 Å². The molecule has 0 aliphatic heterocycles. The third-order valence-electron chi connectivity index (χ3n) is 4.03. The number of hydrogen-bond donors (Lipinski definition) is 0. The molecule has 0 aliphatic rings. The first-order valence-corrected chi connectivity index (χ1v) is 9.35. The second kappa shape index (κ2) is 17.6. The summed E-state index contributed by atoms with van der Waals surface area (Å²) in [5.74, 6) is 0. The normalized spacial score (nSPS) is 11.3. The molecule has 0 saturated carbocycles. The van der Waals surface area contributed by atoms with E-state index < -0.39 is 0 Å². The number of allylic oxidation sites excluding steroid dienone is 3. The van der Waals surface area contributed by atoms with Crippen LogP contribution in [0.25, 0.3) is 0 Å². The van der Waals surface area contributed by atoms with Crippen molar-refractivity contribution in [1.82, 2.24) is 0 Å². The lowest BCUT2D eigenvalue weighted by Gasteiger charge is -2.02. The van der Waals surface area contributed by atoms with E-state index in [1.807, 2.05) is 0 Å². The van der Waals surface area contributed by atoms with Gasteiger partial charge < -0.3 is 0 Å². The molecule has 0 bridgehead atoms. The highest BCUT2D eigenvalue weighted by Gasteiger charge is 1.93. The van der Waals surface area contributed by atoms with E-state index in [2.05, 4.69) is 25.7 Å². The predicted octanol–water partition coefficient (Wildman–Crippen LogP) is 7.17. The maximum absolute atomic E-state index is 5.49. The molecule has 0 aromatic heterocycles. The summed E-state index contributed by atoms with van der Waals surface area (Å²) in [6, 6.07) is 0. The van der Waals surface area contributed by atoms with Crippen LogP contribution in [0.4, 0.5) is 0 Å². The van der Waals surface area contributed by atoms with Gasteiger partial charge in [0.1, 0.15) is 0 Å². The Morgan fingerprint density at radius 1 is 0.810 bits per heavy atom. The van der Waals surface area contributed by atoms with Gasteiger partial charge in [0.05, 0.1) is 7.85 Å². The van der Waals surface area contributed by atoms with Crippen molar-refractivity contribution in [2.75, 3.05) is 0 Å². The molecule has 0 saturated heterocycles. The highest BCUT2D eigenvalue weighted by atomic mass is 14.0. The van der Waals surface area contributed by atoms with E-state index in [1.54, 1.807) is 0 Å². The molecule has 0 aromatic carbocycles. The monoisotopic (exact) mass is 288 g/mol. The first kappa shape index (κ1) is 20.5. The number of unbranched alkanes of at least 4 members (excludes halogenated alkanes) is 11. The van der Waals surface area contributed by atoms with Gasteiger partial charge >= 0.3 is 0 Å². The molecule has 120 valence electrons. The van der Waals surface area contributed by atoms with Crippen LogP contribution in [-0.2, 0) is 0 Å².